The summed E-state index contributed by atoms with van der Waals surface area (Å²) in [5.41, 5.74) is 1.89. The zero-order valence-electron chi connectivity index (χ0n) is 14.6. The molecule has 0 N–H and O–H groups in total. The standard InChI is InChI=1S/C19H20ClNO2S2/c1-18(2)15(22)9-16(19(3,4)25-18)23-10-14-11-24-17(21-14)12-5-7-13(20)8-6-12/h5-9,11H,10H2,1-4H3. The van der Waals surface area contributed by atoms with E-state index < -0.39 is 4.75 Å². The number of thiazole rings is 1. The number of benzene rings is 1. The van der Waals surface area contributed by atoms with E-state index in [9.17, 15) is 4.79 Å². The summed E-state index contributed by atoms with van der Waals surface area (Å²) in [5.74, 6) is 0.801. The van der Waals surface area contributed by atoms with Gasteiger partial charge in [0.2, 0.25) is 0 Å². The molecule has 6 heteroatoms. The summed E-state index contributed by atoms with van der Waals surface area (Å²) in [6, 6.07) is 7.62. The highest BCUT2D eigenvalue weighted by atomic mass is 35.5. The summed E-state index contributed by atoms with van der Waals surface area (Å²) < 4.78 is 5.30. The minimum absolute atomic E-state index is 0.0898. The van der Waals surface area contributed by atoms with Crippen LogP contribution < -0.4 is 0 Å². The molecule has 0 unspecified atom stereocenters. The number of carbonyl (C=O) groups excluding carboxylic acids is 1. The van der Waals surface area contributed by atoms with E-state index in [2.05, 4.69) is 18.8 Å². The fourth-order valence-corrected chi connectivity index (χ4v) is 5.26. The number of ether oxygens (including phenoxy) is 1. The number of aromatic nitrogens is 1. The van der Waals surface area contributed by atoms with Gasteiger partial charge in [0.15, 0.2) is 5.78 Å². The molecule has 0 radical (unpaired) electrons. The number of allylic oxidation sites excluding steroid dienone is 1. The van der Waals surface area contributed by atoms with E-state index in [-0.39, 0.29) is 10.5 Å². The average Bonchev–Trinajstić information content (AvgIpc) is 2.98. The van der Waals surface area contributed by atoms with Gasteiger partial charge in [-0.15, -0.1) is 23.1 Å². The zero-order chi connectivity index (χ0) is 18.2. The summed E-state index contributed by atoms with van der Waals surface area (Å²) in [4.78, 5) is 16.9. The predicted molar refractivity (Wildman–Crippen MR) is 106 cm³/mol. The van der Waals surface area contributed by atoms with Crippen LogP contribution in [-0.2, 0) is 16.1 Å². The molecule has 1 aliphatic heterocycles. The molecule has 0 atom stereocenters. The van der Waals surface area contributed by atoms with Gasteiger partial charge in [0, 0.05) is 22.0 Å². The molecular formula is C19H20ClNO2S2. The van der Waals surface area contributed by atoms with Gasteiger partial charge in [0.1, 0.15) is 17.4 Å². The predicted octanol–water partition coefficient (Wildman–Crippen LogP) is 5.74. The maximum Gasteiger partial charge on any atom is 0.174 e. The number of nitrogens with zero attached hydrogens (tertiary/aromatic N) is 1. The summed E-state index contributed by atoms with van der Waals surface area (Å²) in [5, 5.41) is 3.62. The van der Waals surface area contributed by atoms with Crippen LogP contribution >= 0.6 is 34.7 Å². The zero-order valence-corrected chi connectivity index (χ0v) is 17.0. The van der Waals surface area contributed by atoms with Gasteiger partial charge in [-0.3, -0.25) is 4.79 Å². The van der Waals surface area contributed by atoms with Crippen molar-refractivity contribution in [3.8, 4) is 10.6 Å². The Morgan fingerprint density at radius 1 is 1.12 bits per heavy atom. The van der Waals surface area contributed by atoms with Crippen molar-refractivity contribution in [1.29, 1.82) is 0 Å². The molecule has 1 aromatic heterocycles. The quantitative estimate of drug-likeness (QED) is 0.664. The largest absolute Gasteiger partial charge is 0.490 e. The smallest absolute Gasteiger partial charge is 0.174 e. The fraction of sp³-hybridized carbons (Fsp3) is 0.368. The van der Waals surface area contributed by atoms with E-state index in [1.807, 2.05) is 43.5 Å². The van der Waals surface area contributed by atoms with Crippen LogP contribution in [0.1, 0.15) is 33.4 Å². The Bertz CT molecular complexity index is 822. The van der Waals surface area contributed by atoms with Crippen LogP contribution in [0, 0.1) is 0 Å². The highest BCUT2D eigenvalue weighted by molar-refractivity contribution is 8.03. The molecule has 0 spiro atoms. The number of rotatable bonds is 4. The molecule has 2 heterocycles. The first-order valence-corrected chi connectivity index (χ1v) is 10.0. The SMILES string of the molecule is CC1(C)SC(C)(C)C(OCc2csc(-c3ccc(Cl)cc3)n2)=CC1=O. The number of hydrogen-bond acceptors (Lipinski definition) is 5. The second-order valence-corrected chi connectivity index (χ2v) is 10.5. The van der Waals surface area contributed by atoms with E-state index in [1.165, 1.54) is 0 Å². The Hall–Kier alpha value is -1.30. The van der Waals surface area contributed by atoms with E-state index >= 15 is 0 Å². The van der Waals surface area contributed by atoms with Crippen LogP contribution in [0.25, 0.3) is 10.6 Å². The average molecular weight is 394 g/mol. The number of carbonyl (C=O) groups is 1. The molecule has 0 saturated heterocycles. The van der Waals surface area contributed by atoms with Gasteiger partial charge in [0.25, 0.3) is 0 Å². The van der Waals surface area contributed by atoms with Crippen molar-refractivity contribution < 1.29 is 9.53 Å². The molecule has 0 fully saturated rings. The second-order valence-electron chi connectivity index (χ2n) is 6.94. The minimum Gasteiger partial charge on any atom is -0.490 e. The van der Waals surface area contributed by atoms with Gasteiger partial charge >= 0.3 is 0 Å². The van der Waals surface area contributed by atoms with Gasteiger partial charge in [0.05, 0.1) is 15.2 Å². The molecule has 132 valence electrons. The number of hydrogen-bond donors (Lipinski definition) is 0. The maximum atomic E-state index is 12.2. The number of halogens is 1. The van der Waals surface area contributed by atoms with Crippen molar-refractivity contribution in [2.45, 2.75) is 43.8 Å². The molecule has 25 heavy (non-hydrogen) atoms. The Labute approximate surface area is 161 Å². The van der Waals surface area contributed by atoms with Gasteiger partial charge < -0.3 is 4.74 Å². The van der Waals surface area contributed by atoms with Crippen molar-refractivity contribution in [1.82, 2.24) is 4.98 Å². The molecule has 3 nitrogen and oxygen atoms in total. The van der Waals surface area contributed by atoms with E-state index in [1.54, 1.807) is 29.2 Å². The van der Waals surface area contributed by atoms with Crippen molar-refractivity contribution in [3.63, 3.8) is 0 Å². The molecule has 1 aliphatic rings. The lowest BCUT2D eigenvalue weighted by Crippen LogP contribution is -2.39. The van der Waals surface area contributed by atoms with Crippen LogP contribution in [0.4, 0.5) is 0 Å². The first kappa shape index (κ1) is 18.5. The lowest BCUT2D eigenvalue weighted by molar-refractivity contribution is -0.116. The maximum absolute atomic E-state index is 12.2. The Kier molecular flexibility index (Phi) is 5.02. The van der Waals surface area contributed by atoms with Gasteiger partial charge in [-0.05, 0) is 39.8 Å². The van der Waals surface area contributed by atoms with E-state index in [0.717, 1.165) is 16.3 Å². The van der Waals surface area contributed by atoms with Crippen LogP contribution in [0.3, 0.4) is 0 Å². The van der Waals surface area contributed by atoms with Crippen molar-refractivity contribution >= 4 is 40.5 Å². The molecule has 2 aromatic rings. The van der Waals surface area contributed by atoms with Crippen LogP contribution in [0.15, 0.2) is 41.5 Å². The first-order valence-electron chi connectivity index (χ1n) is 7.97. The van der Waals surface area contributed by atoms with Gasteiger partial charge in [-0.1, -0.05) is 23.7 Å². The van der Waals surface area contributed by atoms with Crippen LogP contribution in [0.5, 0.6) is 0 Å². The third-order valence-electron chi connectivity index (χ3n) is 3.98. The summed E-state index contributed by atoms with van der Waals surface area (Å²) in [6.07, 6.45) is 1.64. The molecule has 0 bridgehead atoms. The minimum atomic E-state index is -0.418. The van der Waals surface area contributed by atoms with Crippen LogP contribution in [0.2, 0.25) is 5.02 Å². The Morgan fingerprint density at radius 3 is 2.48 bits per heavy atom. The summed E-state index contributed by atoms with van der Waals surface area (Å²) in [6.45, 7) is 8.42. The summed E-state index contributed by atoms with van der Waals surface area (Å²) >= 11 is 9.12. The second kappa shape index (κ2) is 6.78. The van der Waals surface area contributed by atoms with E-state index in [4.69, 9.17) is 16.3 Å². The summed E-state index contributed by atoms with van der Waals surface area (Å²) in [7, 11) is 0. The molecule has 0 aliphatic carbocycles. The van der Waals surface area contributed by atoms with Gasteiger partial charge in [-0.2, -0.15) is 0 Å². The normalized spacial score (nSPS) is 18.8. The molecule has 0 amide bonds. The third-order valence-corrected chi connectivity index (χ3v) is 6.59. The lowest BCUT2D eigenvalue weighted by atomic mass is 10.0. The number of thioether (sulfide) groups is 1. The highest BCUT2D eigenvalue weighted by Gasteiger charge is 2.42. The lowest BCUT2D eigenvalue weighted by Gasteiger charge is -2.38. The van der Waals surface area contributed by atoms with E-state index in [0.29, 0.717) is 17.4 Å². The van der Waals surface area contributed by atoms with Crippen LogP contribution in [-0.4, -0.2) is 20.3 Å². The molecule has 3 rings (SSSR count). The molecule has 0 saturated carbocycles. The first-order chi connectivity index (χ1) is 11.7. The number of ketones is 1. The highest BCUT2D eigenvalue weighted by Crippen LogP contribution is 2.46. The Morgan fingerprint density at radius 2 is 1.80 bits per heavy atom. The van der Waals surface area contributed by atoms with Crippen molar-refractivity contribution in [2.75, 3.05) is 0 Å². The molecule has 1 aromatic carbocycles. The monoisotopic (exact) mass is 393 g/mol. The van der Waals surface area contributed by atoms with Crippen molar-refractivity contribution in [2.24, 2.45) is 0 Å². The fourth-order valence-electron chi connectivity index (χ4n) is 2.67. The Balaban J connectivity index is 1.72. The topological polar surface area (TPSA) is 39.2 Å². The van der Waals surface area contributed by atoms with Gasteiger partial charge in [-0.25, -0.2) is 4.98 Å². The van der Waals surface area contributed by atoms with Crippen molar-refractivity contribution in [3.05, 3.63) is 52.2 Å². The molecular weight excluding hydrogens is 374 g/mol. The third kappa shape index (κ3) is 4.10.